The van der Waals surface area contributed by atoms with Crippen molar-refractivity contribution in [2.45, 2.75) is 50.1 Å². The van der Waals surface area contributed by atoms with E-state index in [0.29, 0.717) is 5.17 Å². The van der Waals surface area contributed by atoms with Gasteiger partial charge in [-0.25, -0.2) is 13.2 Å². The Morgan fingerprint density at radius 2 is 1.89 bits per heavy atom. The predicted octanol–water partition coefficient (Wildman–Crippen LogP) is 4.03. The molecule has 0 radical (unpaired) electrons. The minimum Gasteiger partial charge on any atom is -0.444 e. The van der Waals surface area contributed by atoms with Crippen LogP contribution in [0.2, 0.25) is 0 Å². The van der Waals surface area contributed by atoms with E-state index in [1.807, 2.05) is 59.5 Å². The summed E-state index contributed by atoms with van der Waals surface area (Å²) in [5.41, 5.74) is 0.927. The Morgan fingerprint density at radius 3 is 2.56 bits per heavy atom. The van der Waals surface area contributed by atoms with Gasteiger partial charge >= 0.3 is 6.09 Å². The van der Waals surface area contributed by atoms with E-state index in [9.17, 15) is 18.0 Å². The van der Waals surface area contributed by atoms with E-state index in [-0.39, 0.29) is 29.2 Å². The Labute approximate surface area is 229 Å². The lowest BCUT2D eigenvalue weighted by Gasteiger charge is -2.25. The Kier molecular flexibility index (Phi) is 8.01. The molecule has 36 heavy (non-hydrogen) atoms. The van der Waals surface area contributed by atoms with Gasteiger partial charge in [0, 0.05) is 20.9 Å². The number of ether oxygens (including phenoxy) is 1. The second kappa shape index (κ2) is 10.7. The maximum Gasteiger partial charge on any atom is 0.408 e. The number of hydrogen-bond donors (Lipinski definition) is 1. The molecule has 0 bridgehead atoms. The summed E-state index contributed by atoms with van der Waals surface area (Å²) in [5.74, 6) is -0.474. The van der Waals surface area contributed by atoms with Crippen LogP contribution in [0.4, 0.5) is 10.5 Å². The number of aliphatic imine (C=N–C) groups is 1. The highest BCUT2D eigenvalue weighted by Crippen LogP contribution is 2.41. The summed E-state index contributed by atoms with van der Waals surface area (Å²) >= 11 is 3.50. The van der Waals surface area contributed by atoms with E-state index in [4.69, 9.17) is 4.74 Å². The number of nitrogens with zero attached hydrogens (tertiary/aromatic N) is 2. The molecular formula is C25H28IN3O5S2. The van der Waals surface area contributed by atoms with Crippen LogP contribution in [-0.2, 0) is 25.8 Å². The normalized spacial score (nSPS) is 22.8. The van der Waals surface area contributed by atoms with Gasteiger partial charge in [-0.2, -0.15) is 4.99 Å². The molecule has 192 valence electrons. The zero-order valence-electron chi connectivity index (χ0n) is 20.2. The van der Waals surface area contributed by atoms with Gasteiger partial charge in [0.2, 0.25) is 0 Å². The number of carbonyl (C=O) groups excluding carboxylic acids is 2. The molecule has 11 heteroatoms. The van der Waals surface area contributed by atoms with Crippen molar-refractivity contribution < 1.29 is 22.7 Å². The van der Waals surface area contributed by atoms with Gasteiger partial charge in [-0.3, -0.25) is 4.79 Å². The van der Waals surface area contributed by atoms with Gasteiger partial charge in [0.25, 0.3) is 5.91 Å². The summed E-state index contributed by atoms with van der Waals surface area (Å²) in [4.78, 5) is 32.3. The molecule has 0 saturated carbocycles. The third-order valence-electron chi connectivity index (χ3n) is 5.63. The Morgan fingerprint density at radius 1 is 1.17 bits per heavy atom. The number of nitrogens with one attached hydrogen (secondary N) is 1. The van der Waals surface area contributed by atoms with Crippen LogP contribution < -0.4 is 10.2 Å². The van der Waals surface area contributed by atoms with Crippen LogP contribution in [0.5, 0.6) is 0 Å². The van der Waals surface area contributed by atoms with E-state index in [1.54, 1.807) is 20.8 Å². The average Bonchev–Trinajstić information content (AvgIpc) is 3.23. The first-order chi connectivity index (χ1) is 16.9. The lowest BCUT2D eigenvalue weighted by atomic mass is 10.1. The van der Waals surface area contributed by atoms with Crippen molar-refractivity contribution in [1.29, 1.82) is 0 Å². The van der Waals surface area contributed by atoms with Gasteiger partial charge in [0.1, 0.15) is 11.6 Å². The number of benzene rings is 2. The predicted molar refractivity (Wildman–Crippen MR) is 151 cm³/mol. The van der Waals surface area contributed by atoms with Gasteiger partial charge in [-0.05, 0) is 67.1 Å². The molecule has 8 nitrogen and oxygen atoms in total. The molecule has 2 heterocycles. The van der Waals surface area contributed by atoms with Crippen LogP contribution in [0.3, 0.4) is 0 Å². The molecule has 0 spiro atoms. The Hall–Kier alpha value is -2.12. The highest BCUT2D eigenvalue weighted by molar-refractivity contribution is 14.1. The number of thioether (sulfide) groups is 1. The largest absolute Gasteiger partial charge is 0.444 e. The smallest absolute Gasteiger partial charge is 0.408 e. The first-order valence-corrected chi connectivity index (χ1v) is 15.3. The molecule has 3 atom stereocenters. The molecule has 2 aliphatic rings. The number of anilines is 1. The number of amidine groups is 1. The minimum atomic E-state index is -3.18. The van der Waals surface area contributed by atoms with Gasteiger partial charge < -0.3 is 15.0 Å². The van der Waals surface area contributed by atoms with Crippen LogP contribution in [0.15, 0.2) is 59.6 Å². The van der Waals surface area contributed by atoms with Gasteiger partial charge in [0.15, 0.2) is 15.0 Å². The molecular weight excluding hydrogens is 613 g/mol. The van der Waals surface area contributed by atoms with Crippen LogP contribution in [0.1, 0.15) is 26.3 Å². The summed E-state index contributed by atoms with van der Waals surface area (Å²) in [6, 6.07) is 15.8. The number of halogens is 1. The van der Waals surface area contributed by atoms with E-state index >= 15 is 0 Å². The molecule has 1 N–H and O–H groups in total. The van der Waals surface area contributed by atoms with Crippen molar-refractivity contribution in [3.05, 3.63) is 63.7 Å². The minimum absolute atomic E-state index is 0.00690. The molecule has 0 unspecified atom stereocenters. The van der Waals surface area contributed by atoms with Crippen molar-refractivity contribution in [3.63, 3.8) is 0 Å². The average molecular weight is 642 g/mol. The summed E-state index contributed by atoms with van der Waals surface area (Å²) < 4.78 is 31.1. The highest BCUT2D eigenvalue weighted by Gasteiger charge is 2.49. The van der Waals surface area contributed by atoms with Gasteiger partial charge in [0.05, 0.1) is 17.5 Å². The van der Waals surface area contributed by atoms with Crippen molar-refractivity contribution in [2.75, 3.05) is 16.4 Å². The van der Waals surface area contributed by atoms with Crippen LogP contribution in [-0.4, -0.2) is 60.0 Å². The maximum atomic E-state index is 13.5. The molecule has 2 aliphatic heterocycles. The summed E-state index contributed by atoms with van der Waals surface area (Å²) in [6.07, 6.45) is -0.460. The number of carbonyl (C=O) groups is 2. The van der Waals surface area contributed by atoms with E-state index < -0.39 is 33.5 Å². The lowest BCUT2D eigenvalue weighted by Crippen LogP contribution is -2.45. The fourth-order valence-corrected chi connectivity index (χ4v) is 8.61. The fraction of sp³-hybridized carbons (Fsp3) is 0.400. The Balaban J connectivity index is 1.65. The molecule has 0 aromatic heterocycles. The summed E-state index contributed by atoms with van der Waals surface area (Å²) in [5, 5.41) is 2.90. The lowest BCUT2D eigenvalue weighted by molar-refractivity contribution is -0.119. The quantitative estimate of drug-likeness (QED) is 0.492. The second-order valence-corrected chi connectivity index (χ2v) is 14.4. The molecule has 2 amide bonds. The van der Waals surface area contributed by atoms with Crippen LogP contribution in [0, 0.1) is 3.57 Å². The zero-order valence-corrected chi connectivity index (χ0v) is 24.0. The summed E-state index contributed by atoms with van der Waals surface area (Å²) in [6.45, 7) is 5.26. The number of hydrogen-bond acceptors (Lipinski definition) is 6. The molecule has 4 rings (SSSR count). The first kappa shape index (κ1) is 26.9. The topological polar surface area (TPSA) is 105 Å². The van der Waals surface area contributed by atoms with Gasteiger partial charge in [-0.1, -0.05) is 48.2 Å². The van der Waals surface area contributed by atoms with E-state index in [0.717, 1.165) is 14.8 Å². The monoisotopic (exact) mass is 641 g/mol. The SMILES string of the molecule is CC(C)(C)OC(=O)N[C@@H](Cc1ccccc1)C(=O)N=C1S[C@H]2CS(=O)(=O)C[C@H]2N1c1cccc(I)c1. The molecule has 2 fully saturated rings. The highest BCUT2D eigenvalue weighted by atomic mass is 127. The molecule has 2 saturated heterocycles. The number of sulfone groups is 1. The fourth-order valence-electron chi connectivity index (χ4n) is 4.16. The van der Waals surface area contributed by atoms with Crippen LogP contribution in [0.25, 0.3) is 0 Å². The number of rotatable bonds is 5. The first-order valence-electron chi connectivity index (χ1n) is 11.5. The number of fused-ring (bicyclic) bond motifs is 1. The van der Waals surface area contributed by atoms with E-state index in [1.165, 1.54) is 11.8 Å². The zero-order chi connectivity index (χ0) is 26.1. The van der Waals surface area contributed by atoms with Crippen molar-refractivity contribution >= 4 is 67.0 Å². The third kappa shape index (κ3) is 6.80. The Bertz CT molecular complexity index is 1280. The number of alkyl carbamates (subject to hydrolysis) is 1. The molecule has 2 aromatic rings. The van der Waals surface area contributed by atoms with Crippen molar-refractivity contribution in [1.82, 2.24) is 5.32 Å². The number of amides is 2. The summed E-state index contributed by atoms with van der Waals surface area (Å²) in [7, 11) is -3.18. The van der Waals surface area contributed by atoms with Gasteiger partial charge in [-0.15, -0.1) is 0 Å². The molecule has 0 aliphatic carbocycles. The standard InChI is InChI=1S/C25H28IN3O5S2/c1-25(2,3)34-24(31)27-19(12-16-8-5-4-6-9-16)22(30)28-23-29(18-11-7-10-17(26)13-18)20-14-36(32,33)15-21(20)35-23/h4-11,13,19-21H,12,14-15H2,1-3H3,(H,27,31)/t19-,20+,21-/m0/s1. The second-order valence-electron chi connectivity index (χ2n) is 9.77. The van der Waals surface area contributed by atoms with E-state index in [2.05, 4.69) is 32.9 Å². The van der Waals surface area contributed by atoms with Crippen molar-refractivity contribution in [3.8, 4) is 0 Å². The van der Waals surface area contributed by atoms with Crippen molar-refractivity contribution in [2.24, 2.45) is 4.99 Å². The molecule has 2 aromatic carbocycles. The maximum absolute atomic E-state index is 13.5. The third-order valence-corrected chi connectivity index (χ3v) is 9.51. The van der Waals surface area contributed by atoms with Crippen LogP contribution >= 0.6 is 34.4 Å².